The van der Waals surface area contributed by atoms with Crippen LogP contribution in [0, 0.1) is 0 Å². The Hall–Kier alpha value is -2.63. The van der Waals surface area contributed by atoms with Gasteiger partial charge in [0.2, 0.25) is 11.9 Å². The van der Waals surface area contributed by atoms with Gasteiger partial charge in [-0.05, 0) is 12.0 Å². The number of carbonyl (C=O) groups excluding carboxylic acids is 1. The summed E-state index contributed by atoms with van der Waals surface area (Å²) in [7, 11) is -1.32. The van der Waals surface area contributed by atoms with Crippen molar-refractivity contribution in [2.24, 2.45) is 0 Å². The van der Waals surface area contributed by atoms with Gasteiger partial charge in [-0.2, -0.15) is 0 Å². The third kappa shape index (κ3) is 3.32. The molecule has 1 atom stereocenters. The third-order valence-electron chi connectivity index (χ3n) is 3.65. The van der Waals surface area contributed by atoms with Crippen molar-refractivity contribution in [3.8, 4) is 5.75 Å². The number of nitrogens with one attached hydrogen (secondary N) is 2. The number of H-pyrrole nitrogens is 1. The second-order valence-electron chi connectivity index (χ2n) is 5.43. The molecule has 7 N–H and O–H groups in total. The first-order chi connectivity index (χ1) is 11.4. The Balaban J connectivity index is 1.70. The minimum atomic E-state index is -1.71. The normalized spacial score (nSPS) is 16.7. The number of aliphatic hydroxyl groups is 2. The fourth-order valence-electron chi connectivity index (χ4n) is 2.58. The van der Waals surface area contributed by atoms with Gasteiger partial charge in [0.05, 0.1) is 12.4 Å². The standard InChI is InChI=1S/C13H16BN5O5/c15-13-17-9(18-19-13)5-10(20)16-8-4-6-2-1-3-7(12(21)22)11(6)24-14(8)23/h1-3,8,12,21-23H,4-5H2,(H,16,20)(H3,15,17,18,19)/t8-/m0/s1. The van der Waals surface area contributed by atoms with Crippen molar-refractivity contribution in [3.05, 3.63) is 35.2 Å². The number of nitrogens with zero attached hydrogens (tertiary/aromatic N) is 2. The lowest BCUT2D eigenvalue weighted by Crippen LogP contribution is -2.53. The van der Waals surface area contributed by atoms with E-state index in [1.807, 2.05) is 0 Å². The van der Waals surface area contributed by atoms with Gasteiger partial charge in [0, 0.05) is 5.56 Å². The van der Waals surface area contributed by atoms with Gasteiger partial charge in [-0.15, -0.1) is 10.2 Å². The molecule has 1 aromatic heterocycles. The fraction of sp³-hybridized carbons (Fsp3) is 0.308. The second-order valence-corrected chi connectivity index (χ2v) is 5.43. The quantitative estimate of drug-likeness (QED) is 0.277. The molecule has 0 spiro atoms. The maximum absolute atomic E-state index is 12.0. The number of para-hydroxylation sites is 1. The SMILES string of the molecule is Nc1nnc(CC(=O)N[C@H]2Cc3cccc(C(O)O)c3OB2O)[nH]1. The number of carbonyl (C=O) groups is 1. The molecule has 10 nitrogen and oxygen atoms in total. The highest BCUT2D eigenvalue weighted by Gasteiger charge is 2.37. The number of hydrogen-bond acceptors (Lipinski definition) is 8. The lowest BCUT2D eigenvalue weighted by Gasteiger charge is -2.29. The highest BCUT2D eigenvalue weighted by atomic mass is 16.5. The van der Waals surface area contributed by atoms with Gasteiger partial charge < -0.3 is 35.9 Å². The molecule has 0 saturated heterocycles. The molecule has 0 radical (unpaired) electrons. The van der Waals surface area contributed by atoms with E-state index in [0.717, 1.165) is 0 Å². The van der Waals surface area contributed by atoms with Crippen LogP contribution in [-0.4, -0.2) is 49.4 Å². The van der Waals surface area contributed by atoms with Gasteiger partial charge in [-0.3, -0.25) is 4.79 Å². The van der Waals surface area contributed by atoms with Crippen molar-refractivity contribution in [1.29, 1.82) is 0 Å². The van der Waals surface area contributed by atoms with E-state index < -0.39 is 19.3 Å². The number of anilines is 1. The predicted molar refractivity (Wildman–Crippen MR) is 82.4 cm³/mol. The summed E-state index contributed by atoms with van der Waals surface area (Å²) >= 11 is 0. The van der Waals surface area contributed by atoms with E-state index >= 15 is 0 Å². The highest BCUT2D eigenvalue weighted by Crippen LogP contribution is 2.32. The van der Waals surface area contributed by atoms with Gasteiger partial charge in [0.15, 0.2) is 6.29 Å². The van der Waals surface area contributed by atoms with E-state index in [4.69, 9.17) is 10.4 Å². The molecular weight excluding hydrogens is 317 g/mol. The molecular formula is C13H16BN5O5. The molecule has 24 heavy (non-hydrogen) atoms. The van der Waals surface area contributed by atoms with Crippen LogP contribution in [-0.2, 0) is 17.6 Å². The van der Waals surface area contributed by atoms with E-state index in [1.54, 1.807) is 12.1 Å². The van der Waals surface area contributed by atoms with Crippen LogP contribution in [0.3, 0.4) is 0 Å². The molecule has 0 unspecified atom stereocenters. The van der Waals surface area contributed by atoms with Gasteiger partial charge in [-0.25, -0.2) is 0 Å². The second kappa shape index (κ2) is 6.47. The number of fused-ring (bicyclic) bond motifs is 1. The van der Waals surface area contributed by atoms with E-state index in [2.05, 4.69) is 20.5 Å². The van der Waals surface area contributed by atoms with Gasteiger partial charge >= 0.3 is 7.12 Å². The summed E-state index contributed by atoms with van der Waals surface area (Å²) in [5, 5.41) is 38.7. The third-order valence-corrected chi connectivity index (χ3v) is 3.65. The largest absolute Gasteiger partial charge is 0.547 e. The van der Waals surface area contributed by atoms with Crippen LogP contribution in [0.5, 0.6) is 5.75 Å². The van der Waals surface area contributed by atoms with E-state index in [1.165, 1.54) is 6.07 Å². The number of hydrogen-bond donors (Lipinski definition) is 6. The van der Waals surface area contributed by atoms with Gasteiger partial charge in [0.1, 0.15) is 11.6 Å². The summed E-state index contributed by atoms with van der Waals surface area (Å²) in [5.41, 5.74) is 6.20. The van der Waals surface area contributed by atoms with E-state index in [9.17, 15) is 20.0 Å². The maximum atomic E-state index is 12.0. The molecule has 1 aliphatic heterocycles. The molecule has 1 aromatic carbocycles. The summed E-state index contributed by atoms with van der Waals surface area (Å²) in [6, 6.07) is 4.86. The van der Waals surface area contributed by atoms with Crippen molar-refractivity contribution < 1.29 is 24.7 Å². The zero-order chi connectivity index (χ0) is 17.3. The van der Waals surface area contributed by atoms with Crippen LogP contribution >= 0.6 is 0 Å². The van der Waals surface area contributed by atoms with Crippen LogP contribution in [0.4, 0.5) is 5.95 Å². The molecule has 2 aromatic rings. The number of benzene rings is 1. The minimum absolute atomic E-state index is 0.0737. The fourth-order valence-corrected chi connectivity index (χ4v) is 2.58. The van der Waals surface area contributed by atoms with Crippen LogP contribution in [0.25, 0.3) is 0 Å². The maximum Gasteiger partial charge on any atom is 0.547 e. The highest BCUT2D eigenvalue weighted by molar-refractivity contribution is 6.46. The molecule has 1 amide bonds. The number of rotatable bonds is 4. The molecule has 2 heterocycles. The number of nitrogens with two attached hydrogens (primary N) is 1. The lowest BCUT2D eigenvalue weighted by atomic mass is 9.72. The Morgan fingerprint density at radius 1 is 1.50 bits per heavy atom. The summed E-state index contributed by atoms with van der Waals surface area (Å²) in [6.45, 7) is 0. The summed E-state index contributed by atoms with van der Waals surface area (Å²) in [4.78, 5) is 14.7. The number of aromatic amines is 1. The zero-order valence-electron chi connectivity index (χ0n) is 12.5. The molecule has 0 fully saturated rings. The van der Waals surface area contributed by atoms with Crippen molar-refractivity contribution in [1.82, 2.24) is 20.5 Å². The molecule has 0 saturated carbocycles. The molecule has 0 bridgehead atoms. The average Bonchev–Trinajstić information content (AvgIpc) is 2.92. The first kappa shape index (κ1) is 16.2. The predicted octanol–water partition coefficient (Wildman–Crippen LogP) is -1.95. The molecule has 0 aliphatic carbocycles. The Morgan fingerprint density at radius 2 is 2.29 bits per heavy atom. The monoisotopic (exact) mass is 333 g/mol. The van der Waals surface area contributed by atoms with Gasteiger partial charge in [0.25, 0.3) is 0 Å². The molecule has 1 aliphatic rings. The summed E-state index contributed by atoms with van der Waals surface area (Å²) in [5.74, 6) is -0.435. The minimum Gasteiger partial charge on any atom is -0.534 e. The number of amides is 1. The van der Waals surface area contributed by atoms with Crippen LogP contribution in [0.1, 0.15) is 23.2 Å². The van der Waals surface area contributed by atoms with E-state index in [0.29, 0.717) is 11.4 Å². The topological polar surface area (TPSA) is 167 Å². The molecule has 3 rings (SSSR count). The van der Waals surface area contributed by atoms with Crippen molar-refractivity contribution in [2.45, 2.75) is 25.1 Å². The first-order valence-electron chi connectivity index (χ1n) is 7.23. The Bertz CT molecular complexity index is 752. The lowest BCUT2D eigenvalue weighted by molar-refractivity contribution is -0.121. The van der Waals surface area contributed by atoms with E-state index in [-0.39, 0.29) is 36.0 Å². The summed E-state index contributed by atoms with van der Waals surface area (Å²) < 4.78 is 5.36. The van der Waals surface area contributed by atoms with Crippen LogP contribution < -0.4 is 15.7 Å². The zero-order valence-corrected chi connectivity index (χ0v) is 12.5. The molecule has 126 valence electrons. The van der Waals surface area contributed by atoms with Crippen LogP contribution in [0.15, 0.2) is 18.2 Å². The number of aromatic nitrogens is 3. The molecule has 11 heteroatoms. The Kier molecular flexibility index (Phi) is 4.38. The average molecular weight is 333 g/mol. The van der Waals surface area contributed by atoms with Crippen molar-refractivity contribution in [3.63, 3.8) is 0 Å². The Labute approximate surface area is 136 Å². The van der Waals surface area contributed by atoms with Crippen molar-refractivity contribution in [2.75, 3.05) is 5.73 Å². The number of aliphatic hydroxyl groups excluding tert-OH is 1. The number of nitrogen functional groups attached to an aromatic ring is 1. The smallest absolute Gasteiger partial charge is 0.534 e. The van der Waals surface area contributed by atoms with Gasteiger partial charge in [-0.1, -0.05) is 18.2 Å². The Morgan fingerprint density at radius 3 is 2.96 bits per heavy atom. The van der Waals surface area contributed by atoms with Crippen molar-refractivity contribution >= 4 is 19.0 Å². The first-order valence-corrected chi connectivity index (χ1v) is 7.23. The summed E-state index contributed by atoms with van der Waals surface area (Å²) in [6.07, 6.45) is -1.51. The van der Waals surface area contributed by atoms with Crippen LogP contribution in [0.2, 0.25) is 0 Å².